The van der Waals surface area contributed by atoms with E-state index in [2.05, 4.69) is 0 Å². The molecular weight excluding hydrogens is 364 g/mol. The summed E-state index contributed by atoms with van der Waals surface area (Å²) in [6.45, 7) is 2.15. The Hall–Kier alpha value is -2.71. The summed E-state index contributed by atoms with van der Waals surface area (Å²) in [5.41, 5.74) is 0.658. The van der Waals surface area contributed by atoms with Gasteiger partial charge >= 0.3 is 5.97 Å². The fourth-order valence-electron chi connectivity index (χ4n) is 2.59. The smallest absolute Gasteiger partial charge is 0.340 e. The monoisotopic (exact) mass is 380 g/mol. The second kappa shape index (κ2) is 8.11. The zero-order valence-corrected chi connectivity index (χ0v) is 15.2. The van der Waals surface area contributed by atoms with Gasteiger partial charge in [0.2, 0.25) is 0 Å². The third kappa shape index (κ3) is 3.76. The Morgan fingerprint density at radius 3 is 2.65 bits per heavy atom. The van der Waals surface area contributed by atoms with Crippen molar-refractivity contribution < 1.29 is 24.0 Å². The lowest BCUT2D eigenvalue weighted by molar-refractivity contribution is -0.384. The maximum atomic E-state index is 12.8. The highest BCUT2D eigenvalue weighted by Gasteiger charge is 2.36. The van der Waals surface area contributed by atoms with E-state index in [1.54, 1.807) is 6.92 Å². The van der Waals surface area contributed by atoms with Crippen molar-refractivity contribution >= 4 is 35.2 Å². The van der Waals surface area contributed by atoms with Crippen molar-refractivity contribution in [3.63, 3.8) is 0 Å². The van der Waals surface area contributed by atoms with Crippen molar-refractivity contribution in [2.24, 2.45) is 0 Å². The van der Waals surface area contributed by atoms with Gasteiger partial charge in [-0.3, -0.25) is 14.9 Å². The summed E-state index contributed by atoms with van der Waals surface area (Å²) in [5, 5.41) is 11.2. The predicted octanol–water partition coefficient (Wildman–Crippen LogP) is 2.57. The summed E-state index contributed by atoms with van der Waals surface area (Å²) >= 11 is 6.10. The first-order chi connectivity index (χ1) is 12.3. The van der Waals surface area contributed by atoms with Crippen molar-refractivity contribution in [3.05, 3.63) is 55.7 Å². The van der Waals surface area contributed by atoms with Crippen LogP contribution in [0.2, 0.25) is 5.02 Å². The molecule has 0 bridgehead atoms. The highest BCUT2D eigenvalue weighted by Crippen LogP contribution is 2.33. The van der Waals surface area contributed by atoms with Crippen LogP contribution in [0.5, 0.6) is 0 Å². The number of amides is 1. The number of hydrogen-bond donors (Lipinski definition) is 0. The van der Waals surface area contributed by atoms with Gasteiger partial charge in [-0.2, -0.15) is 0 Å². The van der Waals surface area contributed by atoms with Crippen LogP contribution in [0.3, 0.4) is 0 Å². The molecule has 1 aliphatic heterocycles. The average Bonchev–Trinajstić information content (AvgIpc) is 2.84. The van der Waals surface area contributed by atoms with E-state index < -0.39 is 16.8 Å². The summed E-state index contributed by atoms with van der Waals surface area (Å²) in [6, 6.07) is 3.86. The molecule has 0 atom stereocenters. The van der Waals surface area contributed by atoms with Crippen molar-refractivity contribution in [1.29, 1.82) is 0 Å². The number of halogens is 1. The van der Waals surface area contributed by atoms with Crippen LogP contribution in [0.15, 0.2) is 35.0 Å². The van der Waals surface area contributed by atoms with Crippen LogP contribution >= 0.6 is 11.6 Å². The number of nitro benzene ring substituents is 1. The minimum Gasteiger partial charge on any atom is -0.465 e. The fourth-order valence-corrected chi connectivity index (χ4v) is 2.76. The van der Waals surface area contributed by atoms with Crippen molar-refractivity contribution in [3.8, 4) is 0 Å². The number of nitrogens with zero attached hydrogens (tertiary/aromatic N) is 2. The average molecular weight is 381 g/mol. The molecule has 2 rings (SSSR count). The maximum absolute atomic E-state index is 12.8. The molecule has 0 aromatic heterocycles. The predicted molar refractivity (Wildman–Crippen MR) is 94.4 cm³/mol. The number of esters is 1. The Labute approximate surface area is 154 Å². The van der Waals surface area contributed by atoms with Crippen molar-refractivity contribution in [2.75, 3.05) is 27.4 Å². The first-order valence-corrected chi connectivity index (χ1v) is 7.95. The lowest BCUT2D eigenvalue weighted by atomic mass is 10.0. The molecule has 0 N–H and O–H groups in total. The van der Waals surface area contributed by atoms with Crippen LogP contribution in [-0.4, -0.2) is 49.1 Å². The van der Waals surface area contributed by atoms with E-state index in [0.717, 1.165) is 0 Å². The number of allylic oxidation sites excluding steroid dienone is 1. The molecule has 9 heteroatoms. The Morgan fingerprint density at radius 2 is 2.08 bits per heavy atom. The lowest BCUT2D eigenvalue weighted by Gasteiger charge is -2.16. The van der Waals surface area contributed by atoms with Gasteiger partial charge in [0, 0.05) is 42.1 Å². The minimum atomic E-state index is -0.677. The summed E-state index contributed by atoms with van der Waals surface area (Å²) < 4.78 is 9.77. The van der Waals surface area contributed by atoms with Gasteiger partial charge in [-0.05, 0) is 19.1 Å². The van der Waals surface area contributed by atoms with Crippen LogP contribution < -0.4 is 0 Å². The molecule has 8 nitrogen and oxygen atoms in total. The maximum Gasteiger partial charge on any atom is 0.340 e. The molecule has 0 saturated carbocycles. The quantitative estimate of drug-likeness (QED) is 0.325. The van der Waals surface area contributed by atoms with E-state index in [0.29, 0.717) is 5.70 Å². The van der Waals surface area contributed by atoms with Crippen LogP contribution in [0.1, 0.15) is 12.5 Å². The van der Waals surface area contributed by atoms with E-state index in [-0.39, 0.29) is 40.6 Å². The van der Waals surface area contributed by atoms with Gasteiger partial charge in [-0.15, -0.1) is 0 Å². The van der Waals surface area contributed by atoms with Crippen LogP contribution in [0.25, 0.3) is 6.08 Å². The molecule has 1 aromatic carbocycles. The van der Waals surface area contributed by atoms with E-state index >= 15 is 0 Å². The van der Waals surface area contributed by atoms with Gasteiger partial charge in [0.15, 0.2) is 0 Å². The Morgan fingerprint density at radius 1 is 1.38 bits per heavy atom. The molecule has 1 amide bonds. The number of rotatable bonds is 6. The SMILES string of the molecule is COCCN1C(=O)/C(=C\c2cc([N+](=O)[O-])ccc2Cl)C(C(=O)OC)=C1C. The number of carbonyl (C=O) groups is 2. The molecule has 0 unspecified atom stereocenters. The first-order valence-electron chi connectivity index (χ1n) is 7.57. The first kappa shape index (κ1) is 19.6. The van der Waals surface area contributed by atoms with Crippen LogP contribution in [0.4, 0.5) is 5.69 Å². The van der Waals surface area contributed by atoms with Crippen molar-refractivity contribution in [2.45, 2.75) is 6.92 Å². The normalized spacial score (nSPS) is 15.8. The molecule has 1 aliphatic rings. The number of hydrogen-bond acceptors (Lipinski definition) is 6. The summed E-state index contributed by atoms with van der Waals surface area (Å²) in [4.78, 5) is 36.7. The van der Waals surface area contributed by atoms with Crippen molar-refractivity contribution in [1.82, 2.24) is 4.90 Å². The molecule has 0 spiro atoms. The second-order valence-corrected chi connectivity index (χ2v) is 5.83. The Kier molecular flexibility index (Phi) is 6.12. The van der Waals surface area contributed by atoms with Gasteiger partial charge in [0.25, 0.3) is 11.6 Å². The number of nitro groups is 1. The lowest BCUT2D eigenvalue weighted by Crippen LogP contribution is -2.28. The number of carbonyl (C=O) groups excluding carboxylic acids is 2. The molecule has 0 saturated heterocycles. The highest BCUT2D eigenvalue weighted by atomic mass is 35.5. The van der Waals surface area contributed by atoms with Gasteiger partial charge in [0.05, 0.1) is 29.8 Å². The third-order valence-electron chi connectivity index (χ3n) is 3.91. The van der Waals surface area contributed by atoms with Gasteiger partial charge in [0.1, 0.15) is 0 Å². The van der Waals surface area contributed by atoms with E-state index in [4.69, 9.17) is 21.1 Å². The fraction of sp³-hybridized carbons (Fsp3) is 0.294. The number of benzene rings is 1. The molecule has 0 radical (unpaired) electrons. The number of non-ortho nitro benzene ring substituents is 1. The Bertz CT molecular complexity index is 831. The molecule has 1 aromatic rings. The Balaban J connectivity index is 2.57. The molecular formula is C17H17ClN2O6. The summed E-state index contributed by atoms with van der Waals surface area (Å²) in [5.74, 6) is -1.11. The van der Waals surface area contributed by atoms with Gasteiger partial charge < -0.3 is 14.4 Å². The van der Waals surface area contributed by atoms with Crippen LogP contribution in [-0.2, 0) is 19.1 Å². The molecule has 0 fully saturated rings. The third-order valence-corrected chi connectivity index (χ3v) is 4.25. The summed E-state index contributed by atoms with van der Waals surface area (Å²) in [6.07, 6.45) is 1.36. The molecule has 1 heterocycles. The standard InChI is InChI=1S/C17H17ClN2O6/c1-10-15(17(22)26-3)13(16(21)19(10)6-7-25-2)9-11-8-12(20(23)24)4-5-14(11)18/h4-5,8-9H,6-7H2,1-3H3/b13-9-. The number of methoxy groups -OCH3 is 2. The molecule has 138 valence electrons. The zero-order chi connectivity index (χ0) is 19.4. The van der Waals surface area contributed by atoms with Crippen LogP contribution in [0, 0.1) is 10.1 Å². The molecule has 0 aliphatic carbocycles. The van der Waals surface area contributed by atoms with E-state index in [1.165, 1.54) is 43.4 Å². The largest absolute Gasteiger partial charge is 0.465 e. The van der Waals surface area contributed by atoms with Gasteiger partial charge in [-0.25, -0.2) is 4.79 Å². The second-order valence-electron chi connectivity index (χ2n) is 5.42. The highest BCUT2D eigenvalue weighted by molar-refractivity contribution is 6.32. The summed E-state index contributed by atoms with van der Waals surface area (Å²) in [7, 11) is 2.71. The molecule has 26 heavy (non-hydrogen) atoms. The number of ether oxygens (including phenoxy) is 2. The zero-order valence-electron chi connectivity index (χ0n) is 14.4. The minimum absolute atomic E-state index is 0.0628. The topological polar surface area (TPSA) is 99.0 Å². The van der Waals surface area contributed by atoms with Gasteiger partial charge in [-0.1, -0.05) is 11.6 Å². The van der Waals surface area contributed by atoms with E-state index in [9.17, 15) is 19.7 Å². The van der Waals surface area contributed by atoms with E-state index in [1.807, 2.05) is 0 Å².